The van der Waals surface area contributed by atoms with Crippen LogP contribution in [0.15, 0.2) is 30.3 Å². The Morgan fingerprint density at radius 3 is 2.72 bits per heavy atom. The van der Waals surface area contributed by atoms with Crippen molar-refractivity contribution >= 4 is 23.2 Å². The van der Waals surface area contributed by atoms with Crippen molar-refractivity contribution in [2.45, 2.75) is 13.8 Å². The molecule has 2 heterocycles. The minimum Gasteiger partial charge on any atom is -0.359 e. The van der Waals surface area contributed by atoms with Gasteiger partial charge in [0.15, 0.2) is 0 Å². The monoisotopic (exact) mass is 242 g/mol. The number of aromatic amines is 1. The van der Waals surface area contributed by atoms with Crippen molar-refractivity contribution in [1.29, 1.82) is 0 Å². The molecule has 3 rings (SSSR count). The van der Waals surface area contributed by atoms with E-state index in [-0.39, 0.29) is 8.76 Å². The van der Waals surface area contributed by atoms with E-state index in [2.05, 4.69) is 16.4 Å². The summed E-state index contributed by atoms with van der Waals surface area (Å²) in [7, 11) is 0. The lowest BCUT2D eigenvalue weighted by Gasteiger charge is -1.97. The molecule has 3 nitrogen and oxygen atoms in total. The number of carbonyl (C=O) groups excluding carboxylic acids is 1. The van der Waals surface area contributed by atoms with E-state index in [4.69, 9.17) is 0 Å². The summed E-state index contributed by atoms with van der Waals surface area (Å²) in [5.41, 5.74) is 5.82. The normalized spacial score (nSPS) is 15.9. The van der Waals surface area contributed by atoms with Gasteiger partial charge < -0.3 is 10.3 Å². The van der Waals surface area contributed by atoms with E-state index >= 15 is 0 Å². The molecule has 3 heteroatoms. The smallest absolute Gasteiger partial charge is 0.256 e. The summed E-state index contributed by atoms with van der Waals surface area (Å²) < 4.78 is 0. The van der Waals surface area contributed by atoms with Crippen molar-refractivity contribution in [3.8, 4) is 0 Å². The molecule has 0 bridgehead atoms. The van der Waals surface area contributed by atoms with E-state index in [1.807, 2.05) is 44.2 Å². The van der Waals surface area contributed by atoms with Crippen LogP contribution < -0.4 is 5.32 Å². The van der Waals surface area contributed by atoms with Gasteiger partial charge in [-0.2, -0.15) is 0 Å². The van der Waals surface area contributed by atoms with Gasteiger partial charge in [0, 0.05) is 25.5 Å². The molecule has 18 heavy (non-hydrogen) atoms. The Hall–Kier alpha value is -2.29. The lowest BCUT2D eigenvalue weighted by Crippen LogP contribution is -2.03. The zero-order valence-electron chi connectivity index (χ0n) is 10.4. The number of hydrogen-bond acceptors (Lipinski definition) is 1. The summed E-state index contributed by atoms with van der Waals surface area (Å²) >= 11 is 0. The predicted molar refractivity (Wildman–Crippen MR) is 77.4 cm³/mol. The molecule has 2 N–H and O–H groups in total. The third-order valence-corrected chi connectivity index (χ3v) is 3.19. The molecule has 1 aliphatic heterocycles. The molecule has 0 spiro atoms. The largest absolute Gasteiger partial charge is 0.359 e. The van der Waals surface area contributed by atoms with Gasteiger partial charge in [0.1, 0.15) is 0 Å². The first-order valence-electron chi connectivity index (χ1n) is 5.94. The highest BCUT2D eigenvalue weighted by molar-refractivity contribution is 6.34. The van der Waals surface area contributed by atoms with E-state index in [9.17, 15) is 4.79 Å². The molecule has 1 aromatic carbocycles. The number of benzene rings is 1. The first-order chi connectivity index (χ1) is 8.65. The second-order valence-corrected chi connectivity index (χ2v) is 4.61. The molecule has 0 unspecified atom stereocenters. The third-order valence-electron chi connectivity index (χ3n) is 3.19. The third kappa shape index (κ3) is 1.64. The van der Waals surface area contributed by atoms with Crippen LogP contribution in [0, 0.1) is 13.8 Å². The molecule has 2 aromatic rings. The minimum absolute atomic E-state index is 0. The van der Waals surface area contributed by atoms with Gasteiger partial charge in [0.05, 0.1) is 5.57 Å². The Morgan fingerprint density at radius 1 is 1.22 bits per heavy atom. The van der Waals surface area contributed by atoms with E-state index in [0.29, 0.717) is 0 Å². The topological polar surface area (TPSA) is 44.9 Å². The van der Waals surface area contributed by atoms with E-state index < -0.39 is 0 Å². The predicted octanol–water partition coefficient (Wildman–Crippen LogP) is 3.62. The van der Waals surface area contributed by atoms with Crippen LogP contribution in [0.5, 0.6) is 0 Å². The van der Waals surface area contributed by atoms with Crippen molar-refractivity contribution in [1.82, 2.24) is 4.98 Å². The first-order valence-corrected chi connectivity index (χ1v) is 5.94. The number of aryl methyl sites for hydroxylation is 2. The number of nitrogens with one attached hydrogen (secondary N) is 2. The number of para-hydroxylation sites is 1. The van der Waals surface area contributed by atoms with Crippen molar-refractivity contribution in [2.75, 3.05) is 5.32 Å². The molecular weight excluding hydrogens is 224 g/mol. The number of carbonyl (C=O) groups is 1. The minimum atomic E-state index is -0.0390. The highest BCUT2D eigenvalue weighted by atomic mass is 16.2. The highest BCUT2D eigenvalue weighted by Crippen LogP contribution is 2.32. The molecule has 0 saturated carbocycles. The molecule has 0 fully saturated rings. The zero-order valence-corrected chi connectivity index (χ0v) is 10.4. The van der Waals surface area contributed by atoms with Crippen LogP contribution in [0.25, 0.3) is 11.6 Å². The van der Waals surface area contributed by atoms with Crippen LogP contribution >= 0.6 is 0 Å². The van der Waals surface area contributed by atoms with Gasteiger partial charge in [-0.25, -0.2) is 0 Å². The van der Waals surface area contributed by atoms with Gasteiger partial charge in [-0.15, -0.1) is 0 Å². The van der Waals surface area contributed by atoms with Gasteiger partial charge in [-0.05, 0) is 37.6 Å². The summed E-state index contributed by atoms with van der Waals surface area (Å²) in [5, 5.41) is 2.87. The molecule has 0 saturated heterocycles. The second-order valence-electron chi connectivity index (χ2n) is 4.61. The average Bonchev–Trinajstić information content (AvgIpc) is 2.81. The number of aromatic nitrogens is 1. The SMILES string of the molecule is Cc1cc(C)c(/C=C2\C(=O)Nc3ccccc32)[nH]1.[HH].[HH]. The molecule has 1 aromatic heterocycles. The van der Waals surface area contributed by atoms with E-state index in [0.717, 1.165) is 33.8 Å². The zero-order chi connectivity index (χ0) is 12.7. The summed E-state index contributed by atoms with van der Waals surface area (Å²) in [6.07, 6.45) is 1.92. The Bertz CT molecular complexity index is 674. The van der Waals surface area contributed by atoms with Crippen molar-refractivity contribution < 1.29 is 7.65 Å². The molecule has 0 radical (unpaired) electrons. The fraction of sp³-hybridized carbons (Fsp3) is 0.133. The number of H-pyrrole nitrogens is 1. The maximum Gasteiger partial charge on any atom is 0.256 e. The number of rotatable bonds is 1. The standard InChI is InChI=1S/C15H14N2O.2H2/c1-9-7-10(2)16-14(9)8-12-11-5-3-4-6-13(11)17-15(12)18;;/h3-8,16H,1-2H3,(H,17,18);2*1H/b12-8-;;. The molecular formula is C15H18N2O. The van der Waals surface area contributed by atoms with E-state index in [1.165, 1.54) is 0 Å². The molecule has 0 atom stereocenters. The van der Waals surface area contributed by atoms with Crippen molar-refractivity contribution in [2.24, 2.45) is 0 Å². The molecule has 1 amide bonds. The van der Waals surface area contributed by atoms with Crippen molar-refractivity contribution in [3.63, 3.8) is 0 Å². The summed E-state index contributed by atoms with van der Waals surface area (Å²) in [5.74, 6) is -0.0390. The molecule has 1 aliphatic rings. The Labute approximate surface area is 109 Å². The summed E-state index contributed by atoms with van der Waals surface area (Å²) in [6.45, 7) is 4.05. The maximum atomic E-state index is 12.0. The molecule has 94 valence electrons. The maximum absolute atomic E-state index is 12.0. The van der Waals surface area contributed by atoms with Gasteiger partial charge in [-0.3, -0.25) is 4.79 Å². The van der Waals surface area contributed by atoms with Crippen LogP contribution in [0.3, 0.4) is 0 Å². The first kappa shape index (κ1) is 10.8. The number of amides is 1. The Balaban J connectivity index is 0.000001000. The van der Waals surface area contributed by atoms with Gasteiger partial charge in [0.2, 0.25) is 0 Å². The lowest BCUT2D eigenvalue weighted by molar-refractivity contribution is -0.110. The quantitative estimate of drug-likeness (QED) is 0.737. The summed E-state index contributed by atoms with van der Waals surface area (Å²) in [6, 6.07) is 9.82. The van der Waals surface area contributed by atoms with Crippen LogP contribution in [0.1, 0.15) is 25.4 Å². The second kappa shape index (κ2) is 3.88. The van der Waals surface area contributed by atoms with E-state index in [1.54, 1.807) is 0 Å². The molecule has 0 aliphatic carbocycles. The lowest BCUT2D eigenvalue weighted by atomic mass is 10.1. The summed E-state index contributed by atoms with van der Waals surface area (Å²) in [4.78, 5) is 15.2. The fourth-order valence-electron chi connectivity index (χ4n) is 2.33. The van der Waals surface area contributed by atoms with Gasteiger partial charge in [-0.1, -0.05) is 18.2 Å². The number of hydrogen-bond donors (Lipinski definition) is 2. The Morgan fingerprint density at radius 2 is 2.00 bits per heavy atom. The van der Waals surface area contributed by atoms with Crippen molar-refractivity contribution in [3.05, 3.63) is 52.8 Å². The van der Waals surface area contributed by atoms with Crippen LogP contribution in [-0.4, -0.2) is 10.9 Å². The number of fused-ring (bicyclic) bond motifs is 1. The van der Waals surface area contributed by atoms with Crippen LogP contribution in [-0.2, 0) is 4.79 Å². The fourth-order valence-corrected chi connectivity index (χ4v) is 2.33. The van der Waals surface area contributed by atoms with Gasteiger partial charge >= 0.3 is 0 Å². The highest BCUT2D eigenvalue weighted by Gasteiger charge is 2.23. The van der Waals surface area contributed by atoms with Gasteiger partial charge in [0.25, 0.3) is 5.91 Å². The average molecular weight is 242 g/mol. The van der Waals surface area contributed by atoms with Crippen LogP contribution in [0.2, 0.25) is 0 Å². The number of anilines is 1. The van der Waals surface area contributed by atoms with Crippen LogP contribution in [0.4, 0.5) is 5.69 Å². The Kier molecular flexibility index (Phi) is 2.33.